The highest BCUT2D eigenvalue weighted by molar-refractivity contribution is 5.86. The molecule has 1 aromatic heterocycles. The minimum absolute atomic E-state index is 0.136. The maximum Gasteiger partial charge on any atom is 0.343 e. The van der Waals surface area contributed by atoms with Gasteiger partial charge in [0.05, 0.1) is 19.3 Å². The molecule has 3 amide bonds. The second-order valence-corrected chi connectivity index (χ2v) is 6.01. The van der Waals surface area contributed by atoms with E-state index in [-0.39, 0.29) is 43.5 Å². The first-order chi connectivity index (χ1) is 12.4. The quantitative estimate of drug-likeness (QED) is 0.501. The third kappa shape index (κ3) is 5.15. The van der Waals surface area contributed by atoms with E-state index in [2.05, 4.69) is 20.8 Å². The van der Waals surface area contributed by atoms with Crippen LogP contribution in [0.5, 0.6) is 0 Å². The Balaban J connectivity index is 1.94. The number of amides is 3. The summed E-state index contributed by atoms with van der Waals surface area (Å²) >= 11 is 0. The Morgan fingerprint density at radius 2 is 2.23 bits per heavy atom. The van der Waals surface area contributed by atoms with Gasteiger partial charge in [-0.1, -0.05) is 6.92 Å². The van der Waals surface area contributed by atoms with Crippen molar-refractivity contribution < 1.29 is 19.1 Å². The molecule has 1 fully saturated rings. The van der Waals surface area contributed by atoms with Crippen molar-refractivity contribution in [2.45, 2.75) is 38.9 Å². The zero-order chi connectivity index (χ0) is 19.1. The van der Waals surface area contributed by atoms with E-state index in [1.807, 2.05) is 0 Å². The Bertz CT molecular complexity index is 699. The lowest BCUT2D eigenvalue weighted by molar-refractivity contribution is -0.141. The Kier molecular flexibility index (Phi) is 6.89. The molecule has 0 saturated carbocycles. The van der Waals surface area contributed by atoms with Crippen LogP contribution in [0.3, 0.4) is 0 Å². The summed E-state index contributed by atoms with van der Waals surface area (Å²) in [6, 6.07) is -0.969. The topological polar surface area (TPSA) is 138 Å². The Morgan fingerprint density at radius 1 is 1.46 bits per heavy atom. The van der Waals surface area contributed by atoms with E-state index in [0.29, 0.717) is 19.6 Å². The highest BCUT2D eigenvalue weighted by Gasteiger charge is 2.29. The van der Waals surface area contributed by atoms with Crippen LogP contribution in [-0.2, 0) is 25.7 Å². The Labute approximate surface area is 150 Å². The van der Waals surface area contributed by atoms with Crippen LogP contribution in [0.4, 0.5) is 0 Å². The third-order valence-corrected chi connectivity index (χ3v) is 4.09. The lowest BCUT2D eigenvalue weighted by Gasteiger charge is -2.36. The molecule has 144 valence electrons. The molecule has 0 aliphatic carbocycles. The van der Waals surface area contributed by atoms with E-state index in [1.54, 1.807) is 11.8 Å². The fourth-order valence-corrected chi connectivity index (χ4v) is 2.71. The van der Waals surface area contributed by atoms with Crippen LogP contribution in [0.1, 0.15) is 20.3 Å². The van der Waals surface area contributed by atoms with E-state index >= 15 is 0 Å². The monoisotopic (exact) mass is 368 g/mol. The zero-order valence-electron chi connectivity index (χ0n) is 14.9. The number of aromatic nitrogens is 3. The smallest absolute Gasteiger partial charge is 0.343 e. The molecule has 3 N–H and O–H groups in total. The largest absolute Gasteiger partial charge is 0.377 e. The van der Waals surface area contributed by atoms with Crippen molar-refractivity contribution in [1.29, 1.82) is 0 Å². The van der Waals surface area contributed by atoms with Gasteiger partial charge >= 0.3 is 5.69 Å². The summed E-state index contributed by atoms with van der Waals surface area (Å²) in [6.07, 6.45) is 1.72. The molecule has 2 rings (SSSR count). The van der Waals surface area contributed by atoms with Crippen molar-refractivity contribution in [2.24, 2.45) is 0 Å². The number of morpholine rings is 1. The molecule has 1 aliphatic rings. The first kappa shape index (κ1) is 19.6. The van der Waals surface area contributed by atoms with Gasteiger partial charge in [0.1, 0.15) is 18.9 Å². The second-order valence-electron chi connectivity index (χ2n) is 6.01. The first-order valence-corrected chi connectivity index (χ1v) is 8.44. The Hall–Kier alpha value is -2.69. The molecule has 2 heterocycles. The van der Waals surface area contributed by atoms with Crippen LogP contribution in [0.2, 0.25) is 0 Å². The maximum absolute atomic E-state index is 12.5. The fourth-order valence-electron chi connectivity index (χ4n) is 2.71. The highest BCUT2D eigenvalue weighted by Crippen LogP contribution is 2.08. The summed E-state index contributed by atoms with van der Waals surface area (Å²) in [5, 5.41) is 11.1. The predicted molar refractivity (Wildman–Crippen MR) is 90.1 cm³/mol. The SMILES string of the molecule is CCC(NC(C)=O)C(=O)NCC1COCCN1C(=O)Cn1cn[nH]c1=O. The minimum Gasteiger partial charge on any atom is -0.377 e. The molecule has 2 atom stereocenters. The van der Waals surface area contributed by atoms with Crippen LogP contribution in [-0.4, -0.2) is 75.8 Å². The van der Waals surface area contributed by atoms with E-state index in [0.717, 1.165) is 0 Å². The zero-order valence-corrected chi connectivity index (χ0v) is 14.9. The average Bonchev–Trinajstić information content (AvgIpc) is 3.02. The van der Waals surface area contributed by atoms with E-state index in [9.17, 15) is 19.2 Å². The van der Waals surface area contributed by atoms with Gasteiger partial charge in [-0.05, 0) is 6.42 Å². The standard InChI is InChI=1S/C15H24N6O5/c1-3-12(18-10(2)22)14(24)16-6-11-8-26-5-4-21(11)13(23)7-20-9-17-19-15(20)25/h9,11-12H,3-8H2,1-2H3,(H,16,24)(H,18,22)(H,19,25). The summed E-state index contributed by atoms with van der Waals surface area (Å²) in [5.74, 6) is -0.855. The van der Waals surface area contributed by atoms with Gasteiger partial charge in [0.15, 0.2) is 0 Å². The van der Waals surface area contributed by atoms with Crippen LogP contribution in [0, 0.1) is 0 Å². The van der Waals surface area contributed by atoms with Crippen LogP contribution in [0.15, 0.2) is 11.1 Å². The highest BCUT2D eigenvalue weighted by atomic mass is 16.5. The lowest BCUT2D eigenvalue weighted by Crippen LogP contribution is -2.56. The second kappa shape index (κ2) is 9.13. The van der Waals surface area contributed by atoms with Gasteiger partial charge < -0.3 is 20.3 Å². The number of hydrogen-bond donors (Lipinski definition) is 3. The van der Waals surface area contributed by atoms with Crippen molar-refractivity contribution >= 4 is 17.7 Å². The summed E-state index contributed by atoms with van der Waals surface area (Å²) in [7, 11) is 0. The number of carbonyl (C=O) groups is 3. The maximum atomic E-state index is 12.5. The molecule has 26 heavy (non-hydrogen) atoms. The lowest BCUT2D eigenvalue weighted by atomic mass is 10.1. The number of nitrogens with zero attached hydrogens (tertiary/aromatic N) is 3. The van der Waals surface area contributed by atoms with E-state index < -0.39 is 11.7 Å². The molecule has 2 unspecified atom stereocenters. The van der Waals surface area contributed by atoms with Crippen molar-refractivity contribution in [3.63, 3.8) is 0 Å². The van der Waals surface area contributed by atoms with Crippen LogP contribution >= 0.6 is 0 Å². The fraction of sp³-hybridized carbons (Fsp3) is 0.667. The molecule has 0 bridgehead atoms. The van der Waals surface area contributed by atoms with Crippen LogP contribution in [0.25, 0.3) is 0 Å². The normalized spacial score (nSPS) is 18.2. The number of nitrogens with one attached hydrogen (secondary N) is 3. The molecule has 0 aromatic carbocycles. The number of ether oxygens (including phenoxy) is 1. The Morgan fingerprint density at radius 3 is 2.85 bits per heavy atom. The molecule has 11 nitrogen and oxygen atoms in total. The van der Waals surface area contributed by atoms with Gasteiger partial charge in [0.25, 0.3) is 0 Å². The van der Waals surface area contributed by atoms with Gasteiger partial charge in [-0.25, -0.2) is 9.89 Å². The minimum atomic E-state index is -0.620. The molecule has 1 aromatic rings. The van der Waals surface area contributed by atoms with Gasteiger partial charge in [-0.3, -0.25) is 19.0 Å². The van der Waals surface area contributed by atoms with Gasteiger partial charge in [0.2, 0.25) is 17.7 Å². The molecule has 11 heteroatoms. The summed E-state index contributed by atoms with van der Waals surface area (Å²) in [4.78, 5) is 48.9. The number of hydrogen-bond acceptors (Lipinski definition) is 6. The molecular weight excluding hydrogens is 344 g/mol. The molecule has 0 spiro atoms. The molecule has 1 saturated heterocycles. The molecular formula is C15H24N6O5. The number of rotatable bonds is 7. The number of aromatic amines is 1. The average molecular weight is 368 g/mol. The van der Waals surface area contributed by atoms with Crippen molar-refractivity contribution in [3.05, 3.63) is 16.8 Å². The van der Waals surface area contributed by atoms with Gasteiger partial charge in [-0.15, -0.1) is 0 Å². The molecule has 1 aliphatic heterocycles. The van der Waals surface area contributed by atoms with Crippen molar-refractivity contribution in [1.82, 2.24) is 30.3 Å². The number of carbonyl (C=O) groups excluding carboxylic acids is 3. The van der Waals surface area contributed by atoms with E-state index in [4.69, 9.17) is 4.74 Å². The van der Waals surface area contributed by atoms with Gasteiger partial charge in [-0.2, -0.15) is 5.10 Å². The summed E-state index contributed by atoms with van der Waals surface area (Å²) in [6.45, 7) is 4.24. The number of H-pyrrole nitrogens is 1. The van der Waals surface area contributed by atoms with Crippen molar-refractivity contribution in [2.75, 3.05) is 26.3 Å². The van der Waals surface area contributed by atoms with Crippen LogP contribution < -0.4 is 16.3 Å². The van der Waals surface area contributed by atoms with Crippen molar-refractivity contribution in [3.8, 4) is 0 Å². The first-order valence-electron chi connectivity index (χ1n) is 8.44. The summed E-state index contributed by atoms with van der Waals surface area (Å²) < 4.78 is 6.58. The third-order valence-electron chi connectivity index (χ3n) is 4.09. The van der Waals surface area contributed by atoms with E-state index in [1.165, 1.54) is 17.8 Å². The predicted octanol–water partition coefficient (Wildman–Crippen LogP) is -2.17. The summed E-state index contributed by atoms with van der Waals surface area (Å²) in [5.41, 5.74) is -0.461. The molecule has 0 radical (unpaired) electrons. The van der Waals surface area contributed by atoms with Gasteiger partial charge in [0, 0.05) is 20.0 Å².